The third-order valence-corrected chi connectivity index (χ3v) is 16.9. The van der Waals surface area contributed by atoms with Crippen LogP contribution in [0.15, 0.2) is 65.5 Å². The lowest BCUT2D eigenvalue weighted by molar-refractivity contribution is -0.140. The Hall–Kier alpha value is -6.07. The molecule has 4 aromatic rings. The molecule has 6 aliphatic rings. The SMILES string of the molecule is O=C(N[C@@H](C(=O)N1CCC(OC2CCN(CC(=O)N3CCN(C(=O)c4cc(Cc5n[nH]c(=O)c6ccccc56)ccc4F)CC3)CC2)CC1)C1CCCCC1)c1cccc(C2CCCN(C(=O)C3CCC3)C2)c1F. The summed E-state index contributed by atoms with van der Waals surface area (Å²) in [5.41, 5.74) is 1.37. The van der Waals surface area contributed by atoms with E-state index in [0.29, 0.717) is 99.2 Å². The van der Waals surface area contributed by atoms with Crippen molar-refractivity contribution in [3.8, 4) is 0 Å². The molecular formula is C57H70F2N8O7. The van der Waals surface area contributed by atoms with Crippen molar-refractivity contribution in [1.82, 2.24) is 40.0 Å². The van der Waals surface area contributed by atoms with E-state index < -0.39 is 29.5 Å². The van der Waals surface area contributed by atoms with Crippen LogP contribution in [-0.2, 0) is 25.5 Å². The lowest BCUT2D eigenvalue weighted by atomic mass is 9.82. The highest BCUT2D eigenvalue weighted by molar-refractivity contribution is 5.98. The van der Waals surface area contributed by atoms with Gasteiger partial charge in [0.2, 0.25) is 17.7 Å². The van der Waals surface area contributed by atoms with Crippen LogP contribution >= 0.6 is 0 Å². The highest BCUT2D eigenvalue weighted by Crippen LogP contribution is 2.35. The van der Waals surface area contributed by atoms with Crippen molar-refractivity contribution in [3.05, 3.63) is 111 Å². The van der Waals surface area contributed by atoms with Gasteiger partial charge in [-0.1, -0.05) is 62.1 Å². The number of hydrogen-bond donors (Lipinski definition) is 2. The molecule has 2 atom stereocenters. The van der Waals surface area contributed by atoms with Gasteiger partial charge in [0.25, 0.3) is 17.4 Å². The van der Waals surface area contributed by atoms with Gasteiger partial charge in [0.1, 0.15) is 17.7 Å². The van der Waals surface area contributed by atoms with Crippen molar-refractivity contribution < 1.29 is 37.5 Å². The Morgan fingerprint density at radius 3 is 2.09 bits per heavy atom. The van der Waals surface area contributed by atoms with Crippen LogP contribution in [0.1, 0.15) is 133 Å². The third-order valence-electron chi connectivity index (χ3n) is 16.9. The van der Waals surface area contributed by atoms with Crippen LogP contribution in [0.2, 0.25) is 0 Å². The summed E-state index contributed by atoms with van der Waals surface area (Å²) in [5.74, 6) is -2.27. The quantitative estimate of drug-likeness (QED) is 0.153. The Morgan fingerprint density at radius 2 is 1.38 bits per heavy atom. The number of amides is 5. The molecule has 74 heavy (non-hydrogen) atoms. The van der Waals surface area contributed by atoms with E-state index in [1.165, 1.54) is 12.1 Å². The topological polar surface area (TPSA) is 169 Å². The van der Waals surface area contributed by atoms with E-state index in [-0.39, 0.29) is 84.0 Å². The van der Waals surface area contributed by atoms with E-state index in [0.717, 1.165) is 77.0 Å². The number of nitrogens with zero attached hydrogens (tertiary/aromatic N) is 6. The fourth-order valence-electron chi connectivity index (χ4n) is 12.3. The number of fused-ring (bicyclic) bond motifs is 1. The van der Waals surface area contributed by atoms with Crippen LogP contribution in [0.5, 0.6) is 0 Å². The van der Waals surface area contributed by atoms with E-state index in [1.807, 2.05) is 21.9 Å². The first kappa shape index (κ1) is 51.4. The fraction of sp³-hybridized carbons (Fsp3) is 0.561. The molecule has 5 amide bonds. The molecule has 3 aromatic carbocycles. The predicted octanol–water partition coefficient (Wildman–Crippen LogP) is 6.43. The van der Waals surface area contributed by atoms with E-state index in [2.05, 4.69) is 20.4 Å². The average Bonchev–Trinajstić information content (AvgIpc) is 3.42. The van der Waals surface area contributed by atoms with Gasteiger partial charge in [-0.3, -0.25) is 33.7 Å². The number of aromatic nitrogens is 2. The number of halogens is 2. The van der Waals surface area contributed by atoms with Crippen LogP contribution in [0, 0.1) is 23.5 Å². The first-order valence-corrected chi connectivity index (χ1v) is 27.3. The average molecular weight is 1020 g/mol. The molecule has 2 N–H and O–H groups in total. The molecule has 2 aliphatic carbocycles. The minimum absolute atomic E-state index is 0.00684. The maximum Gasteiger partial charge on any atom is 0.272 e. The number of rotatable bonds is 13. The molecule has 0 bridgehead atoms. The lowest BCUT2D eigenvalue weighted by Crippen LogP contribution is -2.55. The van der Waals surface area contributed by atoms with Gasteiger partial charge in [0.15, 0.2) is 0 Å². The highest BCUT2D eigenvalue weighted by atomic mass is 19.1. The normalized spacial score (nSPS) is 21.4. The van der Waals surface area contributed by atoms with Crippen molar-refractivity contribution in [1.29, 1.82) is 0 Å². The number of nitrogens with one attached hydrogen (secondary N) is 2. The van der Waals surface area contributed by atoms with Crippen molar-refractivity contribution in [3.63, 3.8) is 0 Å². The first-order chi connectivity index (χ1) is 36.0. The third kappa shape index (κ3) is 11.6. The summed E-state index contributed by atoms with van der Waals surface area (Å²) in [6, 6.07) is 15.8. The zero-order chi connectivity index (χ0) is 51.3. The molecule has 5 heterocycles. The van der Waals surface area contributed by atoms with Crippen LogP contribution in [-0.4, -0.2) is 154 Å². The standard InChI is InChI=1S/C57H70F2N8O7/c58-48-19-18-37(34-49-44-14-4-5-15-45(44)54(70)62-61-49)33-47(48)56(72)66-31-29-64(30-32-66)50(68)36-63-25-20-41(21-26-63)74-42-22-27-65(28-23-42)57(73)52(38-9-2-1-3-10-38)60-53(69)46-17-7-16-43(51(46)59)40-13-8-24-67(35-40)55(71)39-11-6-12-39/h4-5,7,14-19,33,38-42,52H,1-3,6,8-13,20-32,34-36H2,(H,60,69)(H,62,70)/t40?,52-/m1/s1. The van der Waals surface area contributed by atoms with Crippen LogP contribution in [0.25, 0.3) is 10.8 Å². The van der Waals surface area contributed by atoms with Gasteiger partial charge >= 0.3 is 0 Å². The number of H-pyrrole nitrogens is 1. The van der Waals surface area contributed by atoms with Crippen LogP contribution in [0.3, 0.4) is 0 Å². The van der Waals surface area contributed by atoms with E-state index in [9.17, 15) is 28.8 Å². The summed E-state index contributed by atoms with van der Waals surface area (Å²) >= 11 is 0. The van der Waals surface area contributed by atoms with Gasteiger partial charge in [0.05, 0.1) is 41.0 Å². The summed E-state index contributed by atoms with van der Waals surface area (Å²) in [7, 11) is 0. The predicted molar refractivity (Wildman–Crippen MR) is 274 cm³/mol. The monoisotopic (exact) mass is 1020 g/mol. The molecule has 6 fully saturated rings. The molecule has 394 valence electrons. The number of carbonyl (C=O) groups is 5. The molecule has 10 rings (SSSR count). The number of benzene rings is 3. The summed E-state index contributed by atoms with van der Waals surface area (Å²) in [5, 5.41) is 11.0. The van der Waals surface area contributed by atoms with Gasteiger partial charge in [0, 0.05) is 89.1 Å². The van der Waals surface area contributed by atoms with Gasteiger partial charge in [-0.25, -0.2) is 13.9 Å². The fourth-order valence-corrected chi connectivity index (χ4v) is 12.3. The number of piperidine rings is 3. The van der Waals surface area contributed by atoms with E-state index in [4.69, 9.17) is 4.74 Å². The summed E-state index contributed by atoms with van der Waals surface area (Å²) < 4.78 is 38.1. The summed E-state index contributed by atoms with van der Waals surface area (Å²) in [6.07, 6.45) is 12.4. The Morgan fingerprint density at radius 1 is 0.676 bits per heavy atom. The molecule has 2 saturated carbocycles. The van der Waals surface area contributed by atoms with Gasteiger partial charge < -0.3 is 29.7 Å². The number of carbonyl (C=O) groups excluding carboxylic acids is 5. The lowest BCUT2D eigenvalue weighted by Gasteiger charge is -2.40. The first-order valence-electron chi connectivity index (χ1n) is 27.3. The molecule has 1 aromatic heterocycles. The van der Waals surface area contributed by atoms with Gasteiger partial charge in [-0.05, 0) is 106 Å². The number of ether oxygens (including phenoxy) is 1. The Balaban J connectivity index is 0.664. The zero-order valence-electron chi connectivity index (χ0n) is 42.4. The molecule has 0 spiro atoms. The smallest absolute Gasteiger partial charge is 0.272 e. The molecule has 4 saturated heterocycles. The largest absolute Gasteiger partial charge is 0.375 e. The number of hydrogen-bond acceptors (Lipinski definition) is 9. The molecule has 0 radical (unpaired) electrons. The zero-order valence-corrected chi connectivity index (χ0v) is 42.4. The molecule has 15 nitrogen and oxygen atoms in total. The Kier molecular flexibility index (Phi) is 16.1. The number of likely N-dealkylation sites (tertiary alicyclic amines) is 3. The van der Waals surface area contributed by atoms with Crippen LogP contribution < -0.4 is 10.9 Å². The van der Waals surface area contributed by atoms with Crippen molar-refractivity contribution in [2.45, 2.75) is 120 Å². The number of aromatic amines is 1. The van der Waals surface area contributed by atoms with Crippen LogP contribution in [0.4, 0.5) is 8.78 Å². The Labute approximate surface area is 431 Å². The van der Waals surface area contributed by atoms with Crippen molar-refractivity contribution in [2.24, 2.45) is 11.8 Å². The molecule has 1 unspecified atom stereocenters. The molecular weight excluding hydrogens is 947 g/mol. The van der Waals surface area contributed by atoms with E-state index >= 15 is 8.78 Å². The van der Waals surface area contributed by atoms with Gasteiger partial charge in [-0.2, -0.15) is 5.10 Å². The van der Waals surface area contributed by atoms with Crippen molar-refractivity contribution >= 4 is 40.3 Å². The van der Waals surface area contributed by atoms with Crippen molar-refractivity contribution in [2.75, 3.05) is 72.0 Å². The second kappa shape index (κ2) is 23.2. The Bertz CT molecular complexity index is 2760. The maximum absolute atomic E-state index is 16.4. The highest BCUT2D eigenvalue weighted by Gasteiger charge is 2.38. The second-order valence-corrected chi connectivity index (χ2v) is 21.7. The van der Waals surface area contributed by atoms with Gasteiger partial charge in [-0.15, -0.1) is 0 Å². The minimum Gasteiger partial charge on any atom is -0.375 e. The number of piperazine rings is 1. The minimum atomic E-state index is -0.749. The second-order valence-electron chi connectivity index (χ2n) is 21.7. The molecule has 4 aliphatic heterocycles. The molecule has 17 heteroatoms. The van der Waals surface area contributed by atoms with E-state index in [1.54, 1.807) is 46.2 Å². The maximum atomic E-state index is 16.4. The summed E-state index contributed by atoms with van der Waals surface area (Å²) in [4.78, 5) is 90.0. The summed E-state index contributed by atoms with van der Waals surface area (Å²) in [6.45, 7) is 5.11.